The van der Waals surface area contributed by atoms with Crippen LogP contribution < -0.4 is 9.64 Å². The van der Waals surface area contributed by atoms with Gasteiger partial charge in [-0.25, -0.2) is 14.0 Å². The summed E-state index contributed by atoms with van der Waals surface area (Å²) in [7, 11) is 0. The Balaban J connectivity index is 1.37. The van der Waals surface area contributed by atoms with Crippen molar-refractivity contribution in [2.75, 3.05) is 31.1 Å². The number of aliphatic hydroxyl groups excluding tert-OH is 1. The molecule has 11 nitrogen and oxygen atoms in total. The first-order chi connectivity index (χ1) is 16.3. The Hall–Kier alpha value is -3.93. The third-order valence-electron chi connectivity index (χ3n) is 5.53. The van der Waals surface area contributed by atoms with Crippen molar-refractivity contribution in [2.24, 2.45) is 0 Å². The molecule has 1 saturated heterocycles. The Bertz CT molecular complexity index is 1100. The van der Waals surface area contributed by atoms with Gasteiger partial charge in [-0.2, -0.15) is 0 Å². The van der Waals surface area contributed by atoms with Crippen LogP contribution >= 0.6 is 0 Å². The lowest BCUT2D eigenvalue weighted by molar-refractivity contribution is -0.150. The number of carbonyl (C=O) groups excluding carboxylic acids is 2. The highest BCUT2D eigenvalue weighted by Crippen LogP contribution is 2.30. The Kier molecular flexibility index (Phi) is 6.77. The van der Waals surface area contributed by atoms with E-state index in [1.165, 1.54) is 28.2 Å². The van der Waals surface area contributed by atoms with Crippen molar-refractivity contribution in [3.8, 4) is 5.88 Å². The molecule has 1 aromatic heterocycles. The van der Waals surface area contributed by atoms with Crippen LogP contribution in [0.25, 0.3) is 5.57 Å². The largest absolute Gasteiger partial charge is 0.479 e. The molecule has 0 spiro atoms. The molecule has 12 heteroatoms. The fourth-order valence-corrected chi connectivity index (χ4v) is 3.73. The number of ether oxygens (including phenoxy) is 2. The van der Waals surface area contributed by atoms with Gasteiger partial charge in [0.15, 0.2) is 12.2 Å². The number of hydrogen-bond acceptors (Lipinski definition) is 8. The second kappa shape index (κ2) is 9.91. The summed E-state index contributed by atoms with van der Waals surface area (Å²) in [6.07, 6.45) is -0.0432. The van der Waals surface area contributed by atoms with Crippen LogP contribution in [-0.4, -0.2) is 76.7 Å². The number of nitrogens with zero attached hydrogens (tertiary/aromatic N) is 3. The maximum Gasteiger partial charge on any atom is 0.414 e. The Morgan fingerprint density at radius 2 is 2.15 bits per heavy atom. The van der Waals surface area contributed by atoms with Gasteiger partial charge in [-0.05, 0) is 35.3 Å². The van der Waals surface area contributed by atoms with Crippen molar-refractivity contribution in [2.45, 2.75) is 25.0 Å². The fourth-order valence-electron chi connectivity index (χ4n) is 3.73. The van der Waals surface area contributed by atoms with Crippen molar-refractivity contribution < 1.29 is 43.0 Å². The maximum atomic E-state index is 14.9. The van der Waals surface area contributed by atoms with Gasteiger partial charge < -0.3 is 29.1 Å². The smallest absolute Gasteiger partial charge is 0.414 e. The van der Waals surface area contributed by atoms with Gasteiger partial charge in [0.2, 0.25) is 5.91 Å². The zero-order valence-corrected chi connectivity index (χ0v) is 17.9. The van der Waals surface area contributed by atoms with Gasteiger partial charge in [-0.15, -0.1) is 0 Å². The van der Waals surface area contributed by atoms with Gasteiger partial charge in [0.05, 0.1) is 18.7 Å². The van der Waals surface area contributed by atoms with E-state index in [9.17, 15) is 23.9 Å². The van der Waals surface area contributed by atoms with E-state index >= 15 is 0 Å². The average Bonchev–Trinajstić information content (AvgIpc) is 3.47. The summed E-state index contributed by atoms with van der Waals surface area (Å²) in [5, 5.41) is 21.7. The predicted octanol–water partition coefficient (Wildman–Crippen LogP) is 1.67. The molecular weight excluding hydrogens is 453 g/mol. The van der Waals surface area contributed by atoms with E-state index in [4.69, 9.17) is 14.6 Å². The van der Waals surface area contributed by atoms with Crippen molar-refractivity contribution in [1.29, 1.82) is 0 Å². The number of carbonyl (C=O) groups is 3. The fraction of sp³-hybridized carbons (Fsp3) is 0.364. The highest BCUT2D eigenvalue weighted by atomic mass is 19.1. The standard InChI is InChI=1S/C22H22FN3O8/c23-17-9-14(26-11-15(34-22(26)31)12-32-19-5-8-33-24-19)1-2-16(17)13-3-6-25(7-4-13)20(28)10-18(27)21(29)30/h1-3,5,8-9,15,18,27H,4,6-7,10-12H2,(H,29,30)/t15-,18-/m1/s1. The minimum atomic E-state index is -1.76. The number of carboxylic acids is 1. The molecule has 3 heterocycles. The number of cyclic esters (lactones) is 1. The zero-order valence-electron chi connectivity index (χ0n) is 17.9. The Morgan fingerprint density at radius 1 is 1.32 bits per heavy atom. The van der Waals surface area contributed by atoms with Gasteiger partial charge in [0.25, 0.3) is 5.88 Å². The summed E-state index contributed by atoms with van der Waals surface area (Å²) < 4.78 is 30.2. The molecule has 0 aliphatic carbocycles. The summed E-state index contributed by atoms with van der Waals surface area (Å²) in [5.74, 6) is -2.21. The first kappa shape index (κ1) is 23.2. The molecule has 2 aliphatic rings. The molecule has 0 unspecified atom stereocenters. The van der Waals surface area contributed by atoms with Crippen LogP contribution in [0.4, 0.5) is 14.9 Å². The lowest BCUT2D eigenvalue weighted by Gasteiger charge is -2.27. The summed E-state index contributed by atoms with van der Waals surface area (Å²) in [4.78, 5) is 37.8. The van der Waals surface area contributed by atoms with Crippen LogP contribution in [0.5, 0.6) is 5.88 Å². The molecule has 0 radical (unpaired) electrons. The molecule has 2 amide bonds. The van der Waals surface area contributed by atoms with Crippen molar-refractivity contribution >= 4 is 29.2 Å². The summed E-state index contributed by atoms with van der Waals surface area (Å²) >= 11 is 0. The number of rotatable bonds is 8. The summed E-state index contributed by atoms with van der Waals surface area (Å²) in [5.41, 5.74) is 1.38. The quantitative estimate of drug-likeness (QED) is 0.583. The van der Waals surface area contributed by atoms with E-state index in [-0.39, 0.29) is 32.1 Å². The summed E-state index contributed by atoms with van der Waals surface area (Å²) in [6, 6.07) is 5.95. The van der Waals surface area contributed by atoms with E-state index in [0.717, 1.165) is 0 Å². The molecule has 34 heavy (non-hydrogen) atoms. The third kappa shape index (κ3) is 5.17. The molecule has 0 saturated carbocycles. The lowest BCUT2D eigenvalue weighted by atomic mass is 9.98. The van der Waals surface area contributed by atoms with Crippen molar-refractivity contribution in [3.63, 3.8) is 0 Å². The average molecular weight is 475 g/mol. The van der Waals surface area contributed by atoms with Crippen molar-refractivity contribution in [1.82, 2.24) is 10.1 Å². The molecule has 1 aromatic carbocycles. The van der Waals surface area contributed by atoms with Gasteiger partial charge >= 0.3 is 12.1 Å². The second-order valence-electron chi connectivity index (χ2n) is 7.81. The maximum absolute atomic E-state index is 14.9. The van der Waals surface area contributed by atoms with Gasteiger partial charge in [-0.3, -0.25) is 9.69 Å². The van der Waals surface area contributed by atoms with Crippen LogP contribution in [0.1, 0.15) is 18.4 Å². The zero-order chi connectivity index (χ0) is 24.2. The van der Waals surface area contributed by atoms with E-state index in [1.807, 2.05) is 0 Å². The number of halogens is 1. The number of aromatic nitrogens is 1. The highest BCUT2D eigenvalue weighted by Gasteiger charge is 2.33. The third-order valence-corrected chi connectivity index (χ3v) is 5.53. The van der Waals surface area contributed by atoms with Crippen molar-refractivity contribution in [3.05, 3.63) is 48.0 Å². The van der Waals surface area contributed by atoms with E-state index in [2.05, 4.69) is 9.68 Å². The first-order valence-corrected chi connectivity index (χ1v) is 10.5. The topological polar surface area (TPSA) is 143 Å². The Labute approximate surface area is 192 Å². The predicted molar refractivity (Wildman–Crippen MR) is 113 cm³/mol. The van der Waals surface area contributed by atoms with Crippen LogP contribution in [0.2, 0.25) is 0 Å². The van der Waals surface area contributed by atoms with E-state index in [0.29, 0.717) is 23.2 Å². The number of hydrogen-bond donors (Lipinski definition) is 2. The highest BCUT2D eigenvalue weighted by molar-refractivity contribution is 5.90. The molecule has 2 N–H and O–H groups in total. The normalized spacial score (nSPS) is 18.9. The van der Waals surface area contributed by atoms with Gasteiger partial charge in [0, 0.05) is 24.7 Å². The molecular formula is C22H22FN3O8. The van der Waals surface area contributed by atoms with E-state index < -0.39 is 42.4 Å². The lowest BCUT2D eigenvalue weighted by Crippen LogP contribution is -2.38. The van der Waals surface area contributed by atoms with Crippen LogP contribution in [0.3, 0.4) is 0 Å². The SMILES string of the molecule is O=C(O)[C@H](O)CC(=O)N1CC=C(c2ccc(N3C[C@H](COc4ccon4)OC3=O)cc2F)CC1. The second-order valence-corrected chi connectivity index (χ2v) is 7.81. The first-order valence-electron chi connectivity index (χ1n) is 10.5. The number of carboxylic acid groups (broad SMARTS) is 1. The summed E-state index contributed by atoms with van der Waals surface area (Å²) in [6.45, 7) is 0.690. The van der Waals surface area contributed by atoms with Gasteiger partial charge in [0.1, 0.15) is 18.7 Å². The van der Waals surface area contributed by atoms with Crippen LogP contribution in [-0.2, 0) is 14.3 Å². The number of anilines is 1. The Morgan fingerprint density at radius 3 is 2.79 bits per heavy atom. The molecule has 2 atom stereocenters. The van der Waals surface area contributed by atoms with Crippen LogP contribution in [0.15, 0.2) is 41.1 Å². The number of aliphatic hydroxyl groups is 1. The monoisotopic (exact) mass is 475 g/mol. The molecule has 180 valence electrons. The number of aliphatic carboxylic acids is 1. The molecule has 2 aromatic rings. The molecule has 4 rings (SSSR count). The minimum absolute atomic E-state index is 0.0704. The van der Waals surface area contributed by atoms with Crippen LogP contribution in [0, 0.1) is 5.82 Å². The van der Waals surface area contributed by atoms with E-state index in [1.54, 1.807) is 18.2 Å². The minimum Gasteiger partial charge on any atom is -0.479 e. The number of amides is 2. The molecule has 1 fully saturated rings. The van der Waals surface area contributed by atoms with Gasteiger partial charge in [-0.1, -0.05) is 6.08 Å². The molecule has 0 bridgehead atoms. The number of benzene rings is 1. The molecule has 2 aliphatic heterocycles.